The van der Waals surface area contributed by atoms with Crippen molar-refractivity contribution in [2.24, 2.45) is 5.73 Å². The molecule has 0 unspecified atom stereocenters. The molecular formula is C18H20Cl2N2O4. The van der Waals surface area contributed by atoms with Crippen LogP contribution in [0.3, 0.4) is 0 Å². The van der Waals surface area contributed by atoms with Gasteiger partial charge in [-0.3, -0.25) is 4.79 Å². The number of halogens is 2. The molecule has 3 N–H and O–H groups in total. The molecular weight excluding hydrogens is 379 g/mol. The standard InChI is InChI=1S/C18H20Cl2N2O4/c1-24-15-4-3-13(19)7-12(15)9-22-8-11-5-14(20)18(16(6-11)25-2)26-10-17(21)23/h3-7,22H,8-10H2,1-2H3,(H2,21,23). The largest absolute Gasteiger partial charge is 0.496 e. The highest BCUT2D eigenvalue weighted by Gasteiger charge is 2.13. The van der Waals surface area contributed by atoms with Gasteiger partial charge in [-0.2, -0.15) is 0 Å². The molecule has 0 spiro atoms. The van der Waals surface area contributed by atoms with Gasteiger partial charge in [0.25, 0.3) is 5.91 Å². The summed E-state index contributed by atoms with van der Waals surface area (Å²) in [7, 11) is 3.11. The van der Waals surface area contributed by atoms with Gasteiger partial charge in [0, 0.05) is 23.7 Å². The van der Waals surface area contributed by atoms with Crippen LogP contribution in [-0.4, -0.2) is 26.7 Å². The summed E-state index contributed by atoms with van der Waals surface area (Å²) in [6.45, 7) is 0.813. The Labute approximate surface area is 162 Å². The van der Waals surface area contributed by atoms with Gasteiger partial charge in [-0.25, -0.2) is 0 Å². The van der Waals surface area contributed by atoms with Gasteiger partial charge in [0.15, 0.2) is 18.1 Å². The maximum Gasteiger partial charge on any atom is 0.255 e. The Morgan fingerprint density at radius 2 is 1.81 bits per heavy atom. The molecule has 0 fully saturated rings. The molecule has 0 aliphatic heterocycles. The predicted octanol–water partition coefficient (Wildman–Crippen LogP) is 3.16. The van der Waals surface area contributed by atoms with Gasteiger partial charge in [0.05, 0.1) is 19.2 Å². The van der Waals surface area contributed by atoms with Crippen molar-refractivity contribution in [3.8, 4) is 17.2 Å². The molecule has 26 heavy (non-hydrogen) atoms. The molecule has 140 valence electrons. The first-order chi connectivity index (χ1) is 12.4. The fourth-order valence-electron chi connectivity index (χ4n) is 2.39. The van der Waals surface area contributed by atoms with E-state index >= 15 is 0 Å². The molecule has 0 aliphatic rings. The lowest BCUT2D eigenvalue weighted by atomic mass is 10.1. The molecule has 6 nitrogen and oxygen atoms in total. The van der Waals surface area contributed by atoms with Gasteiger partial charge >= 0.3 is 0 Å². The molecule has 0 heterocycles. The normalized spacial score (nSPS) is 10.5. The first-order valence-electron chi connectivity index (χ1n) is 7.75. The third kappa shape index (κ3) is 5.42. The minimum absolute atomic E-state index is 0.276. The number of rotatable bonds is 9. The van der Waals surface area contributed by atoms with Gasteiger partial charge in [-0.15, -0.1) is 0 Å². The molecule has 0 radical (unpaired) electrons. The van der Waals surface area contributed by atoms with Crippen LogP contribution in [-0.2, 0) is 17.9 Å². The number of hydrogen-bond acceptors (Lipinski definition) is 5. The molecule has 0 atom stereocenters. The fraction of sp³-hybridized carbons (Fsp3) is 0.278. The zero-order chi connectivity index (χ0) is 19.1. The van der Waals surface area contributed by atoms with E-state index in [4.69, 9.17) is 43.1 Å². The molecule has 2 rings (SSSR count). The highest BCUT2D eigenvalue weighted by Crippen LogP contribution is 2.36. The molecule has 8 heteroatoms. The molecule has 0 aromatic heterocycles. The van der Waals surface area contributed by atoms with Gasteiger partial charge in [-0.05, 0) is 35.9 Å². The maximum absolute atomic E-state index is 10.9. The number of benzene rings is 2. The summed E-state index contributed by atoms with van der Waals surface area (Å²) in [5.74, 6) is 0.876. The second-order valence-corrected chi connectivity index (χ2v) is 6.27. The van der Waals surface area contributed by atoms with Crippen LogP contribution in [0.2, 0.25) is 10.0 Å². The molecule has 0 saturated carbocycles. The second-order valence-electron chi connectivity index (χ2n) is 5.42. The Hall–Kier alpha value is -2.15. The fourth-order valence-corrected chi connectivity index (χ4v) is 2.87. The molecule has 2 aromatic carbocycles. The summed E-state index contributed by atoms with van der Waals surface area (Å²) >= 11 is 12.3. The van der Waals surface area contributed by atoms with E-state index < -0.39 is 5.91 Å². The van der Waals surface area contributed by atoms with E-state index in [0.717, 1.165) is 16.9 Å². The lowest BCUT2D eigenvalue weighted by Gasteiger charge is -2.14. The van der Waals surface area contributed by atoms with E-state index in [9.17, 15) is 4.79 Å². The zero-order valence-electron chi connectivity index (χ0n) is 14.5. The van der Waals surface area contributed by atoms with Crippen molar-refractivity contribution < 1.29 is 19.0 Å². The number of amides is 1. The Morgan fingerprint density at radius 1 is 1.08 bits per heavy atom. The number of hydrogen-bond donors (Lipinski definition) is 2. The minimum atomic E-state index is -0.593. The average molecular weight is 399 g/mol. The van der Waals surface area contributed by atoms with Crippen LogP contribution in [0.5, 0.6) is 17.2 Å². The summed E-state index contributed by atoms with van der Waals surface area (Å²) in [5.41, 5.74) is 6.92. The van der Waals surface area contributed by atoms with Gasteiger partial charge in [0.2, 0.25) is 0 Å². The smallest absolute Gasteiger partial charge is 0.255 e. The Morgan fingerprint density at radius 3 is 2.46 bits per heavy atom. The molecule has 2 aromatic rings. The van der Waals surface area contributed by atoms with Crippen molar-refractivity contribution in [3.05, 3.63) is 51.5 Å². The van der Waals surface area contributed by atoms with E-state index in [1.165, 1.54) is 7.11 Å². The first kappa shape index (κ1) is 20.2. The zero-order valence-corrected chi connectivity index (χ0v) is 16.0. The molecule has 0 bridgehead atoms. The SMILES string of the molecule is COc1ccc(Cl)cc1CNCc1cc(Cl)c(OCC(N)=O)c(OC)c1. The highest BCUT2D eigenvalue weighted by atomic mass is 35.5. The van der Waals surface area contributed by atoms with Gasteiger partial charge < -0.3 is 25.3 Å². The van der Waals surface area contributed by atoms with Crippen LogP contribution in [0.15, 0.2) is 30.3 Å². The quantitative estimate of drug-likeness (QED) is 0.677. The molecule has 0 saturated heterocycles. The van der Waals surface area contributed by atoms with E-state index in [0.29, 0.717) is 28.9 Å². The monoisotopic (exact) mass is 398 g/mol. The van der Waals surface area contributed by atoms with Crippen LogP contribution in [0.4, 0.5) is 0 Å². The number of carbonyl (C=O) groups is 1. The second kappa shape index (κ2) is 9.52. The van der Waals surface area contributed by atoms with Gasteiger partial charge in [0.1, 0.15) is 5.75 Å². The lowest BCUT2D eigenvalue weighted by molar-refractivity contribution is -0.119. The highest BCUT2D eigenvalue weighted by molar-refractivity contribution is 6.32. The summed E-state index contributed by atoms with van der Waals surface area (Å²) in [4.78, 5) is 10.9. The van der Waals surface area contributed by atoms with Crippen molar-refractivity contribution in [2.45, 2.75) is 13.1 Å². The minimum Gasteiger partial charge on any atom is -0.496 e. The van der Waals surface area contributed by atoms with Crippen LogP contribution < -0.4 is 25.3 Å². The summed E-state index contributed by atoms with van der Waals surface area (Å²) in [6.07, 6.45) is 0. The van der Waals surface area contributed by atoms with Crippen molar-refractivity contribution in [3.63, 3.8) is 0 Å². The van der Waals surface area contributed by atoms with Gasteiger partial charge in [-0.1, -0.05) is 23.2 Å². The van der Waals surface area contributed by atoms with Crippen LogP contribution in [0.25, 0.3) is 0 Å². The van der Waals surface area contributed by atoms with Crippen molar-refractivity contribution in [1.29, 1.82) is 0 Å². The van der Waals surface area contributed by atoms with E-state index in [2.05, 4.69) is 5.32 Å². The summed E-state index contributed by atoms with van der Waals surface area (Å²) in [5, 5.41) is 4.28. The number of carbonyl (C=O) groups excluding carboxylic acids is 1. The first-order valence-corrected chi connectivity index (χ1v) is 8.50. The van der Waals surface area contributed by atoms with Crippen LogP contribution in [0, 0.1) is 0 Å². The molecule has 1 amide bonds. The number of methoxy groups -OCH3 is 2. The predicted molar refractivity (Wildman–Crippen MR) is 101 cm³/mol. The Bertz CT molecular complexity index is 784. The van der Waals surface area contributed by atoms with E-state index in [1.807, 2.05) is 12.1 Å². The third-order valence-electron chi connectivity index (χ3n) is 3.54. The number of ether oxygens (including phenoxy) is 3. The maximum atomic E-state index is 10.9. The van der Waals surface area contributed by atoms with Crippen molar-refractivity contribution in [2.75, 3.05) is 20.8 Å². The lowest BCUT2D eigenvalue weighted by Crippen LogP contribution is -2.20. The third-order valence-corrected chi connectivity index (χ3v) is 4.05. The van der Waals surface area contributed by atoms with Crippen LogP contribution in [0.1, 0.15) is 11.1 Å². The number of primary amides is 1. The van der Waals surface area contributed by atoms with Crippen molar-refractivity contribution in [1.82, 2.24) is 5.32 Å². The topological polar surface area (TPSA) is 82.8 Å². The van der Waals surface area contributed by atoms with E-state index in [-0.39, 0.29) is 12.4 Å². The molecule has 0 aliphatic carbocycles. The number of nitrogens with one attached hydrogen (secondary N) is 1. The average Bonchev–Trinajstić information content (AvgIpc) is 2.60. The van der Waals surface area contributed by atoms with Crippen molar-refractivity contribution >= 4 is 29.1 Å². The van der Waals surface area contributed by atoms with Crippen LogP contribution >= 0.6 is 23.2 Å². The Kier molecular flexibility index (Phi) is 7.38. The Balaban J connectivity index is 2.07. The summed E-state index contributed by atoms with van der Waals surface area (Å²) < 4.78 is 15.9. The number of nitrogens with two attached hydrogens (primary N) is 1. The summed E-state index contributed by atoms with van der Waals surface area (Å²) in [6, 6.07) is 8.97. The van der Waals surface area contributed by atoms with E-state index in [1.54, 1.807) is 25.3 Å².